The summed E-state index contributed by atoms with van der Waals surface area (Å²) in [6.45, 7) is 7.53. The number of ether oxygens (including phenoxy) is 3. The molecule has 1 aliphatic rings. The van der Waals surface area contributed by atoms with Gasteiger partial charge in [-0.15, -0.1) is 0 Å². The highest BCUT2D eigenvalue weighted by molar-refractivity contribution is 8.18. The van der Waals surface area contributed by atoms with Gasteiger partial charge in [-0.1, -0.05) is 48.7 Å². The summed E-state index contributed by atoms with van der Waals surface area (Å²) >= 11 is 1.02. The van der Waals surface area contributed by atoms with Gasteiger partial charge in [-0.3, -0.25) is 4.79 Å². The molecule has 0 saturated carbocycles. The number of aliphatic imine (C=N–C) groups is 1. The lowest BCUT2D eigenvalue weighted by Gasteiger charge is -2.10. The quantitative estimate of drug-likeness (QED) is 0.407. The third kappa shape index (κ3) is 5.58. The highest BCUT2D eigenvalue weighted by atomic mass is 32.2. The third-order valence-electron chi connectivity index (χ3n) is 4.79. The lowest BCUT2D eigenvalue weighted by atomic mass is 10.1. The molecular weight excluding hydrogens is 454 g/mol. The van der Waals surface area contributed by atoms with Gasteiger partial charge in [-0.05, 0) is 49.2 Å². The number of benzene rings is 2. The van der Waals surface area contributed by atoms with Crippen molar-refractivity contribution in [3.8, 4) is 11.5 Å². The first-order valence-corrected chi connectivity index (χ1v) is 11.3. The number of rotatable bonds is 8. The number of hydrogen-bond donors (Lipinski definition) is 1. The zero-order valence-corrected chi connectivity index (χ0v) is 20.0. The average Bonchev–Trinajstić information content (AvgIpc) is 3.12. The van der Waals surface area contributed by atoms with Crippen molar-refractivity contribution < 1.29 is 28.9 Å². The molecule has 2 aromatic rings. The first-order chi connectivity index (χ1) is 16.4. The van der Waals surface area contributed by atoms with Gasteiger partial charge in [0, 0.05) is 5.56 Å². The Morgan fingerprint density at radius 3 is 2.62 bits per heavy atom. The van der Waals surface area contributed by atoms with Crippen molar-refractivity contribution in [1.29, 1.82) is 0 Å². The van der Waals surface area contributed by atoms with Crippen molar-refractivity contribution in [2.24, 2.45) is 4.99 Å². The molecule has 0 fully saturated rings. The normalized spacial score (nSPS) is 15.5. The van der Waals surface area contributed by atoms with E-state index in [1.807, 2.05) is 6.07 Å². The van der Waals surface area contributed by atoms with E-state index in [-0.39, 0.29) is 23.0 Å². The number of amides is 1. The van der Waals surface area contributed by atoms with Crippen molar-refractivity contribution in [3.63, 3.8) is 0 Å². The fraction of sp³-hybridized carbons (Fsp3) is 0.192. The molecule has 34 heavy (non-hydrogen) atoms. The standard InChI is InChI=1S/C26H25NO6S/c1-5-13-33-19-12-11-17(14-20(19)31-4)15-21-23(28)22(26(30)32-6-2)25(34-21)27-24(29)18-10-8-7-9-16(18)3/h5,7-12,14-15,28H,1,6,13H2,2-4H3/b21-15+,27-25?. The van der Waals surface area contributed by atoms with Crippen LogP contribution in [0.1, 0.15) is 28.4 Å². The highest BCUT2D eigenvalue weighted by Gasteiger charge is 2.34. The number of esters is 1. The summed E-state index contributed by atoms with van der Waals surface area (Å²) in [6.07, 6.45) is 3.29. The van der Waals surface area contributed by atoms with Gasteiger partial charge in [-0.25, -0.2) is 9.79 Å². The predicted octanol–water partition coefficient (Wildman–Crippen LogP) is 5.27. The van der Waals surface area contributed by atoms with E-state index in [4.69, 9.17) is 14.2 Å². The predicted molar refractivity (Wildman–Crippen MR) is 133 cm³/mol. The van der Waals surface area contributed by atoms with Crippen LogP contribution in [0, 0.1) is 6.92 Å². The number of hydrogen-bond acceptors (Lipinski definition) is 7. The Morgan fingerprint density at radius 2 is 1.94 bits per heavy atom. The first-order valence-electron chi connectivity index (χ1n) is 10.5. The summed E-state index contributed by atoms with van der Waals surface area (Å²) in [6, 6.07) is 12.3. The molecule has 0 unspecified atom stereocenters. The molecule has 1 N–H and O–H groups in total. The molecule has 1 amide bonds. The topological polar surface area (TPSA) is 94.4 Å². The fourth-order valence-corrected chi connectivity index (χ4v) is 4.16. The second kappa shape index (κ2) is 11.4. The van der Waals surface area contributed by atoms with Crippen molar-refractivity contribution >= 4 is 34.8 Å². The lowest BCUT2D eigenvalue weighted by molar-refractivity contribution is -0.138. The van der Waals surface area contributed by atoms with Crippen LogP contribution in [-0.2, 0) is 9.53 Å². The highest BCUT2D eigenvalue weighted by Crippen LogP contribution is 2.40. The van der Waals surface area contributed by atoms with Gasteiger partial charge < -0.3 is 19.3 Å². The van der Waals surface area contributed by atoms with E-state index in [9.17, 15) is 14.7 Å². The summed E-state index contributed by atoms with van der Waals surface area (Å²) in [5.41, 5.74) is 1.72. The zero-order valence-electron chi connectivity index (χ0n) is 19.2. The number of nitrogens with zero attached hydrogens (tertiary/aromatic N) is 1. The van der Waals surface area contributed by atoms with Gasteiger partial charge in [0.2, 0.25) is 0 Å². The van der Waals surface area contributed by atoms with E-state index < -0.39 is 11.9 Å². The molecule has 0 aromatic heterocycles. The van der Waals surface area contributed by atoms with Gasteiger partial charge in [0.05, 0.1) is 18.6 Å². The number of thioether (sulfide) groups is 1. The molecule has 0 bridgehead atoms. The van der Waals surface area contributed by atoms with Crippen LogP contribution in [0.15, 0.2) is 76.3 Å². The second-order valence-corrected chi connectivity index (χ2v) is 8.13. The van der Waals surface area contributed by atoms with Crippen LogP contribution in [0.2, 0.25) is 0 Å². The number of methoxy groups -OCH3 is 1. The smallest absolute Gasteiger partial charge is 0.344 e. The molecule has 3 rings (SSSR count). The largest absolute Gasteiger partial charge is 0.506 e. The second-order valence-electron chi connectivity index (χ2n) is 7.10. The van der Waals surface area contributed by atoms with Crippen molar-refractivity contribution in [2.45, 2.75) is 13.8 Å². The Bertz CT molecular complexity index is 1210. The van der Waals surface area contributed by atoms with E-state index >= 15 is 0 Å². The minimum Gasteiger partial charge on any atom is -0.506 e. The Morgan fingerprint density at radius 1 is 1.18 bits per heavy atom. The number of aliphatic hydroxyl groups is 1. The molecule has 0 spiro atoms. The van der Waals surface area contributed by atoms with Gasteiger partial charge in [0.25, 0.3) is 5.91 Å². The van der Waals surface area contributed by atoms with Crippen LogP contribution >= 0.6 is 11.8 Å². The Labute approximate surface area is 202 Å². The molecule has 8 heteroatoms. The van der Waals surface area contributed by atoms with E-state index in [1.165, 1.54) is 7.11 Å². The molecule has 1 heterocycles. The summed E-state index contributed by atoms with van der Waals surface area (Å²) in [7, 11) is 1.52. The number of carbonyl (C=O) groups is 2. The molecule has 7 nitrogen and oxygen atoms in total. The SMILES string of the molecule is C=CCOc1ccc(/C=C2/SC(=NC(=O)c3ccccc3C)C(C(=O)OCC)=C2O)cc1OC. The van der Waals surface area contributed by atoms with Crippen LogP contribution in [0.25, 0.3) is 6.08 Å². The van der Waals surface area contributed by atoms with Crippen LogP contribution < -0.4 is 9.47 Å². The van der Waals surface area contributed by atoms with Crippen molar-refractivity contribution in [1.82, 2.24) is 0 Å². The van der Waals surface area contributed by atoms with E-state index in [0.717, 1.165) is 17.3 Å². The van der Waals surface area contributed by atoms with E-state index in [0.29, 0.717) is 34.1 Å². The van der Waals surface area contributed by atoms with Crippen molar-refractivity contribution in [2.75, 3.05) is 20.3 Å². The minimum atomic E-state index is -0.752. The maximum atomic E-state index is 12.8. The summed E-state index contributed by atoms with van der Waals surface area (Å²) in [5, 5.41) is 10.9. The molecule has 0 saturated heterocycles. The third-order valence-corrected chi connectivity index (χ3v) is 5.81. The van der Waals surface area contributed by atoms with Crippen LogP contribution in [-0.4, -0.2) is 42.4 Å². The van der Waals surface area contributed by atoms with Gasteiger partial charge >= 0.3 is 5.97 Å². The summed E-state index contributed by atoms with van der Waals surface area (Å²) in [4.78, 5) is 29.9. The molecule has 2 aromatic carbocycles. The van der Waals surface area contributed by atoms with Gasteiger partial charge in [0.1, 0.15) is 23.0 Å². The Kier molecular flexibility index (Phi) is 8.32. The van der Waals surface area contributed by atoms with Crippen molar-refractivity contribution in [3.05, 3.63) is 88.0 Å². The molecule has 0 aliphatic carbocycles. The number of aryl methyl sites for hydroxylation is 1. The van der Waals surface area contributed by atoms with Crippen LogP contribution in [0.3, 0.4) is 0 Å². The number of carbonyl (C=O) groups excluding carboxylic acids is 2. The summed E-state index contributed by atoms with van der Waals surface area (Å²) < 4.78 is 16.0. The fourth-order valence-electron chi connectivity index (χ4n) is 3.15. The summed E-state index contributed by atoms with van der Waals surface area (Å²) in [5.74, 6) is -0.524. The minimum absolute atomic E-state index is 0.0772. The van der Waals surface area contributed by atoms with Gasteiger partial charge in [0.15, 0.2) is 11.5 Å². The molecule has 0 atom stereocenters. The molecule has 1 aliphatic heterocycles. The zero-order chi connectivity index (χ0) is 24.7. The molecule has 176 valence electrons. The average molecular weight is 480 g/mol. The van der Waals surface area contributed by atoms with Crippen LogP contribution in [0.5, 0.6) is 11.5 Å². The van der Waals surface area contributed by atoms with Crippen LogP contribution in [0.4, 0.5) is 0 Å². The number of aliphatic hydroxyl groups excluding tert-OH is 1. The first kappa shape index (κ1) is 24.9. The molecular formula is C26H25NO6S. The molecule has 0 radical (unpaired) electrons. The Hall–Kier alpha value is -3.78. The Balaban J connectivity index is 2.00. The van der Waals surface area contributed by atoms with E-state index in [2.05, 4.69) is 11.6 Å². The maximum Gasteiger partial charge on any atom is 0.344 e. The lowest BCUT2D eigenvalue weighted by Crippen LogP contribution is -2.14. The van der Waals surface area contributed by atoms with Gasteiger partial charge in [-0.2, -0.15) is 0 Å². The maximum absolute atomic E-state index is 12.8. The van der Waals surface area contributed by atoms with E-state index in [1.54, 1.807) is 62.4 Å². The monoisotopic (exact) mass is 479 g/mol.